The van der Waals surface area contributed by atoms with Gasteiger partial charge in [-0.15, -0.1) is 0 Å². The van der Waals surface area contributed by atoms with Gasteiger partial charge in [0.1, 0.15) is 0 Å². The van der Waals surface area contributed by atoms with Gasteiger partial charge >= 0.3 is 0 Å². The van der Waals surface area contributed by atoms with Crippen LogP contribution < -0.4 is 10.6 Å². The molecule has 0 spiro atoms. The molecule has 5 nitrogen and oxygen atoms in total. The van der Waals surface area contributed by atoms with Crippen LogP contribution in [0.2, 0.25) is 0 Å². The molecule has 1 saturated heterocycles. The number of aliphatic imine (C=N–C) groups is 1. The quantitative estimate of drug-likeness (QED) is 0.537. The highest BCUT2D eigenvalue weighted by Crippen LogP contribution is 2.32. The molecule has 1 aliphatic heterocycles. The molecule has 26 heavy (non-hydrogen) atoms. The standard InChI is InChI=1S/C20H30N4OS/c1-15-5-4-6-17-16(13-23-18(15)17)7-10-22-19(21-2)24-14-20(26-3)8-11-25-12-9-20/h4-6,13,23H,7-12,14H2,1-3H3,(H2,21,22,24). The van der Waals surface area contributed by atoms with Crippen LogP contribution in [0.25, 0.3) is 10.9 Å². The summed E-state index contributed by atoms with van der Waals surface area (Å²) in [6.07, 6.45) is 7.47. The van der Waals surface area contributed by atoms with E-state index in [1.807, 2.05) is 18.8 Å². The number of para-hydroxylation sites is 1. The Hall–Kier alpha value is -1.66. The summed E-state index contributed by atoms with van der Waals surface area (Å²) in [5, 5.41) is 8.28. The van der Waals surface area contributed by atoms with Gasteiger partial charge in [0.25, 0.3) is 0 Å². The van der Waals surface area contributed by atoms with Crippen LogP contribution in [0.4, 0.5) is 0 Å². The van der Waals surface area contributed by atoms with Crippen LogP contribution in [0.5, 0.6) is 0 Å². The first kappa shape index (κ1) is 19.1. The summed E-state index contributed by atoms with van der Waals surface area (Å²) in [6.45, 7) is 5.63. The summed E-state index contributed by atoms with van der Waals surface area (Å²) in [5.74, 6) is 0.876. The van der Waals surface area contributed by atoms with Gasteiger partial charge in [-0.1, -0.05) is 18.2 Å². The number of ether oxygens (including phenoxy) is 1. The number of hydrogen-bond acceptors (Lipinski definition) is 3. The lowest BCUT2D eigenvalue weighted by Gasteiger charge is -2.36. The van der Waals surface area contributed by atoms with E-state index in [9.17, 15) is 0 Å². The van der Waals surface area contributed by atoms with Crippen molar-refractivity contribution < 1.29 is 4.74 Å². The molecule has 0 radical (unpaired) electrons. The molecule has 3 N–H and O–H groups in total. The zero-order valence-electron chi connectivity index (χ0n) is 16.0. The van der Waals surface area contributed by atoms with Gasteiger partial charge in [-0.05, 0) is 43.6 Å². The van der Waals surface area contributed by atoms with E-state index in [4.69, 9.17) is 4.74 Å². The Morgan fingerprint density at radius 3 is 2.85 bits per heavy atom. The number of fused-ring (bicyclic) bond motifs is 1. The monoisotopic (exact) mass is 374 g/mol. The van der Waals surface area contributed by atoms with Gasteiger partial charge in [-0.3, -0.25) is 4.99 Å². The molecule has 2 aromatic rings. The van der Waals surface area contributed by atoms with Crippen molar-refractivity contribution in [3.05, 3.63) is 35.5 Å². The van der Waals surface area contributed by atoms with Crippen molar-refractivity contribution in [2.45, 2.75) is 30.9 Å². The Morgan fingerprint density at radius 1 is 1.31 bits per heavy atom. The third-order valence-electron chi connectivity index (χ3n) is 5.33. The van der Waals surface area contributed by atoms with Crippen molar-refractivity contribution >= 4 is 28.6 Å². The van der Waals surface area contributed by atoms with Gasteiger partial charge in [0.2, 0.25) is 0 Å². The van der Waals surface area contributed by atoms with Crippen LogP contribution in [-0.2, 0) is 11.2 Å². The SMILES string of the molecule is CN=C(NCCc1c[nH]c2c(C)cccc12)NCC1(SC)CCOCC1. The molecular weight excluding hydrogens is 344 g/mol. The van der Waals surface area contributed by atoms with Crippen LogP contribution in [0, 0.1) is 6.92 Å². The zero-order valence-corrected chi connectivity index (χ0v) is 16.8. The average molecular weight is 375 g/mol. The lowest BCUT2D eigenvalue weighted by Crippen LogP contribution is -2.48. The molecule has 1 fully saturated rings. The molecule has 1 aliphatic rings. The summed E-state index contributed by atoms with van der Waals surface area (Å²) in [6, 6.07) is 6.46. The van der Waals surface area contributed by atoms with Crippen LogP contribution in [0.3, 0.4) is 0 Å². The minimum Gasteiger partial charge on any atom is -0.381 e. The van der Waals surface area contributed by atoms with E-state index in [-0.39, 0.29) is 4.75 Å². The van der Waals surface area contributed by atoms with E-state index in [1.165, 1.54) is 22.0 Å². The highest BCUT2D eigenvalue weighted by molar-refractivity contribution is 8.00. The van der Waals surface area contributed by atoms with Crippen molar-refractivity contribution in [3.8, 4) is 0 Å². The van der Waals surface area contributed by atoms with Crippen LogP contribution in [-0.4, -0.2) is 55.3 Å². The highest BCUT2D eigenvalue weighted by Gasteiger charge is 2.31. The van der Waals surface area contributed by atoms with Crippen LogP contribution in [0.1, 0.15) is 24.0 Å². The molecule has 0 bridgehead atoms. The number of aromatic amines is 1. The minimum atomic E-state index is 0.254. The maximum atomic E-state index is 5.52. The number of benzene rings is 1. The number of nitrogens with one attached hydrogen (secondary N) is 3. The molecule has 0 amide bonds. The van der Waals surface area contributed by atoms with E-state index in [1.54, 1.807) is 0 Å². The maximum Gasteiger partial charge on any atom is 0.191 e. The van der Waals surface area contributed by atoms with E-state index >= 15 is 0 Å². The predicted octanol–water partition coefficient (Wildman–Crippen LogP) is 3.10. The second-order valence-electron chi connectivity index (χ2n) is 6.91. The van der Waals surface area contributed by atoms with E-state index in [2.05, 4.69) is 58.2 Å². The summed E-state index contributed by atoms with van der Waals surface area (Å²) in [4.78, 5) is 7.78. The molecule has 0 unspecified atom stereocenters. The summed E-state index contributed by atoms with van der Waals surface area (Å²) in [7, 11) is 1.83. The number of aromatic nitrogens is 1. The van der Waals surface area contributed by atoms with Crippen molar-refractivity contribution in [1.82, 2.24) is 15.6 Å². The Morgan fingerprint density at radius 2 is 2.12 bits per heavy atom. The van der Waals surface area contributed by atoms with Gasteiger partial charge in [0.15, 0.2) is 5.96 Å². The van der Waals surface area contributed by atoms with Gasteiger partial charge < -0.3 is 20.4 Å². The fraction of sp³-hybridized carbons (Fsp3) is 0.550. The molecule has 142 valence electrons. The highest BCUT2D eigenvalue weighted by atomic mass is 32.2. The lowest BCUT2D eigenvalue weighted by molar-refractivity contribution is 0.0783. The fourth-order valence-corrected chi connectivity index (χ4v) is 4.34. The van der Waals surface area contributed by atoms with Crippen molar-refractivity contribution in [3.63, 3.8) is 0 Å². The summed E-state index contributed by atoms with van der Waals surface area (Å²) in [5.41, 5.74) is 3.88. The molecule has 1 aromatic carbocycles. The van der Waals surface area contributed by atoms with Gasteiger partial charge in [0.05, 0.1) is 0 Å². The molecule has 2 heterocycles. The number of H-pyrrole nitrogens is 1. The number of hydrogen-bond donors (Lipinski definition) is 3. The normalized spacial score (nSPS) is 17.4. The van der Waals surface area contributed by atoms with E-state index in [0.29, 0.717) is 0 Å². The largest absolute Gasteiger partial charge is 0.381 e. The Labute approximate surface area is 160 Å². The second-order valence-corrected chi connectivity index (χ2v) is 8.19. The van der Waals surface area contributed by atoms with Crippen molar-refractivity contribution in [1.29, 1.82) is 0 Å². The van der Waals surface area contributed by atoms with Crippen LogP contribution in [0.15, 0.2) is 29.4 Å². The Balaban J connectivity index is 1.52. The minimum absolute atomic E-state index is 0.254. The first-order valence-electron chi connectivity index (χ1n) is 9.30. The third-order valence-corrected chi connectivity index (χ3v) is 6.75. The topological polar surface area (TPSA) is 61.4 Å². The number of nitrogens with zero attached hydrogens (tertiary/aromatic N) is 1. The molecule has 6 heteroatoms. The van der Waals surface area contributed by atoms with Crippen molar-refractivity contribution in [2.75, 3.05) is 39.6 Å². The van der Waals surface area contributed by atoms with Crippen LogP contribution >= 0.6 is 11.8 Å². The average Bonchev–Trinajstić information content (AvgIpc) is 3.10. The zero-order chi connectivity index (χ0) is 18.4. The first-order chi connectivity index (χ1) is 12.7. The summed E-state index contributed by atoms with van der Waals surface area (Å²) < 4.78 is 5.77. The smallest absolute Gasteiger partial charge is 0.191 e. The third kappa shape index (κ3) is 4.35. The number of rotatable bonds is 6. The van der Waals surface area contributed by atoms with Gasteiger partial charge in [-0.25, -0.2) is 0 Å². The second kappa shape index (κ2) is 8.82. The number of aryl methyl sites for hydroxylation is 1. The predicted molar refractivity (Wildman–Crippen MR) is 112 cm³/mol. The fourth-order valence-electron chi connectivity index (χ4n) is 3.55. The molecule has 0 atom stereocenters. The molecule has 0 aliphatic carbocycles. The van der Waals surface area contributed by atoms with Gasteiger partial charge in [-0.2, -0.15) is 11.8 Å². The Kier molecular flexibility index (Phi) is 6.48. The molecule has 0 saturated carbocycles. The summed E-state index contributed by atoms with van der Waals surface area (Å²) >= 11 is 1.94. The molecular formula is C20H30N4OS. The van der Waals surface area contributed by atoms with E-state index < -0.39 is 0 Å². The number of thioether (sulfide) groups is 1. The number of guanidine groups is 1. The Bertz CT molecular complexity index is 749. The van der Waals surface area contributed by atoms with Crippen molar-refractivity contribution in [2.24, 2.45) is 4.99 Å². The van der Waals surface area contributed by atoms with E-state index in [0.717, 1.165) is 51.5 Å². The lowest BCUT2D eigenvalue weighted by atomic mass is 9.99. The first-order valence-corrected chi connectivity index (χ1v) is 10.5. The molecule has 1 aromatic heterocycles. The maximum absolute atomic E-state index is 5.52. The van der Waals surface area contributed by atoms with Gasteiger partial charge in [0, 0.05) is 55.2 Å². The molecule has 3 rings (SSSR count).